The van der Waals surface area contributed by atoms with Gasteiger partial charge in [0.1, 0.15) is 12.6 Å². The molecule has 0 bridgehead atoms. The zero-order chi connectivity index (χ0) is 25.9. The molecule has 2 aliphatic heterocycles. The summed E-state index contributed by atoms with van der Waals surface area (Å²) in [5.74, 6) is -1.48. The van der Waals surface area contributed by atoms with Gasteiger partial charge in [-0.3, -0.25) is 24.5 Å². The third kappa shape index (κ3) is 7.73. The Hall–Kier alpha value is -3.55. The van der Waals surface area contributed by atoms with Crippen LogP contribution in [0.2, 0.25) is 0 Å². The number of amides is 4. The lowest BCUT2D eigenvalue weighted by molar-refractivity contribution is -0.137. The third-order valence-corrected chi connectivity index (χ3v) is 5.45. The highest BCUT2D eigenvalue weighted by Gasteiger charge is 2.39. The van der Waals surface area contributed by atoms with Gasteiger partial charge < -0.3 is 29.5 Å². The number of anilines is 1. The molecule has 3 N–H and O–H groups in total. The van der Waals surface area contributed by atoms with Gasteiger partial charge in [0.25, 0.3) is 5.91 Å². The van der Waals surface area contributed by atoms with Crippen molar-refractivity contribution in [3.63, 3.8) is 0 Å². The van der Waals surface area contributed by atoms with E-state index in [0.717, 1.165) is 0 Å². The van der Waals surface area contributed by atoms with Crippen LogP contribution in [0.4, 0.5) is 5.69 Å². The van der Waals surface area contributed by atoms with Gasteiger partial charge in [0, 0.05) is 29.1 Å². The first-order valence-electron chi connectivity index (χ1n) is 11.4. The highest BCUT2D eigenvalue weighted by Crippen LogP contribution is 2.29. The zero-order valence-electron chi connectivity index (χ0n) is 19.6. The summed E-state index contributed by atoms with van der Waals surface area (Å²) >= 11 is 0. The predicted octanol–water partition coefficient (Wildman–Crippen LogP) is 0.107. The van der Waals surface area contributed by atoms with E-state index in [9.17, 15) is 24.3 Å². The first kappa shape index (κ1) is 27.0. The molecule has 0 aliphatic carbocycles. The van der Waals surface area contributed by atoms with Crippen LogP contribution in [0.1, 0.15) is 28.8 Å². The molecular formula is C22H28N6O8. The second-order valence-corrected chi connectivity index (χ2v) is 8.13. The summed E-state index contributed by atoms with van der Waals surface area (Å²) in [4.78, 5) is 52.4. The minimum atomic E-state index is -0.863. The average molecular weight is 505 g/mol. The Morgan fingerprint density at radius 1 is 1.22 bits per heavy atom. The second kappa shape index (κ2) is 13.5. The minimum absolute atomic E-state index is 0.0326. The summed E-state index contributed by atoms with van der Waals surface area (Å²) in [6, 6.07) is 4.20. The number of aliphatic hydroxyl groups excluding tert-OH is 1. The van der Waals surface area contributed by atoms with Crippen LogP contribution in [0, 0.1) is 0 Å². The number of nitrogens with one attached hydrogen (secondary N) is 2. The van der Waals surface area contributed by atoms with Gasteiger partial charge in [0.2, 0.25) is 17.7 Å². The van der Waals surface area contributed by atoms with Crippen molar-refractivity contribution in [3.8, 4) is 0 Å². The number of carbonyl (C=O) groups is 4. The normalized spacial score (nSPS) is 17.9. The molecule has 14 nitrogen and oxygen atoms in total. The largest absolute Gasteiger partial charge is 0.391 e. The topological polar surface area (TPSA) is 192 Å². The van der Waals surface area contributed by atoms with Crippen molar-refractivity contribution < 1.29 is 38.5 Å². The molecule has 3 rings (SSSR count). The quantitative estimate of drug-likeness (QED) is 0.104. The van der Waals surface area contributed by atoms with Gasteiger partial charge in [0.15, 0.2) is 0 Å². The molecule has 2 heterocycles. The molecule has 1 aromatic carbocycles. The Bertz CT molecular complexity index is 1030. The fourth-order valence-electron chi connectivity index (χ4n) is 3.75. The van der Waals surface area contributed by atoms with Crippen LogP contribution >= 0.6 is 0 Å². The van der Waals surface area contributed by atoms with Crippen LogP contribution in [0.15, 0.2) is 23.3 Å². The van der Waals surface area contributed by atoms with Crippen LogP contribution in [-0.4, -0.2) is 92.0 Å². The molecule has 1 fully saturated rings. The number of rotatable bonds is 14. The van der Waals surface area contributed by atoms with Crippen molar-refractivity contribution in [1.82, 2.24) is 10.2 Å². The molecule has 1 saturated heterocycles. The predicted molar refractivity (Wildman–Crippen MR) is 124 cm³/mol. The lowest BCUT2D eigenvalue weighted by atomic mass is 10.0. The Labute approximate surface area is 206 Å². The molecule has 0 aromatic heterocycles. The number of imide groups is 1. The van der Waals surface area contributed by atoms with Crippen molar-refractivity contribution in [1.29, 1.82) is 0 Å². The van der Waals surface area contributed by atoms with Gasteiger partial charge in [-0.25, -0.2) is 0 Å². The van der Waals surface area contributed by atoms with Crippen molar-refractivity contribution in [2.24, 2.45) is 5.11 Å². The number of azide groups is 1. The lowest BCUT2D eigenvalue weighted by Crippen LogP contribution is -2.52. The number of aliphatic hydroxyl groups is 1. The summed E-state index contributed by atoms with van der Waals surface area (Å²) in [7, 11) is 0. The van der Waals surface area contributed by atoms with E-state index in [1.807, 2.05) is 0 Å². The third-order valence-electron chi connectivity index (χ3n) is 5.45. The Kier molecular flexibility index (Phi) is 10.2. The van der Waals surface area contributed by atoms with Gasteiger partial charge in [0.05, 0.1) is 45.7 Å². The summed E-state index contributed by atoms with van der Waals surface area (Å²) in [5, 5.41) is 17.6. The number of hydrogen-bond acceptors (Lipinski definition) is 9. The highest BCUT2D eigenvalue weighted by molar-refractivity contribution is 6.05. The number of carbonyl (C=O) groups excluding carboxylic acids is 4. The van der Waals surface area contributed by atoms with E-state index in [1.54, 1.807) is 18.2 Å². The van der Waals surface area contributed by atoms with Crippen LogP contribution in [0.3, 0.4) is 0 Å². The molecule has 4 amide bonds. The van der Waals surface area contributed by atoms with Crippen LogP contribution in [0.25, 0.3) is 10.4 Å². The monoisotopic (exact) mass is 504 g/mol. The molecule has 194 valence electrons. The lowest BCUT2D eigenvalue weighted by Gasteiger charge is -2.29. The van der Waals surface area contributed by atoms with E-state index in [-0.39, 0.29) is 83.3 Å². The van der Waals surface area contributed by atoms with Crippen molar-refractivity contribution in [2.45, 2.75) is 31.5 Å². The fraction of sp³-hybridized carbons (Fsp3) is 0.545. The Balaban J connectivity index is 1.32. The van der Waals surface area contributed by atoms with Crippen LogP contribution < -0.4 is 10.6 Å². The smallest absolute Gasteiger partial charge is 0.255 e. The van der Waals surface area contributed by atoms with Gasteiger partial charge in [-0.1, -0.05) is 5.11 Å². The van der Waals surface area contributed by atoms with Crippen molar-refractivity contribution >= 4 is 29.3 Å². The maximum absolute atomic E-state index is 12.7. The average Bonchev–Trinajstić information content (AvgIpc) is 3.17. The number of piperidine rings is 1. The number of fused-ring (bicyclic) bond motifs is 1. The Morgan fingerprint density at radius 3 is 2.72 bits per heavy atom. The summed E-state index contributed by atoms with van der Waals surface area (Å²) in [6.07, 6.45) is -0.400. The highest BCUT2D eigenvalue weighted by atomic mass is 16.5. The summed E-state index contributed by atoms with van der Waals surface area (Å²) < 4.78 is 15.8. The molecule has 2 unspecified atom stereocenters. The number of benzene rings is 1. The van der Waals surface area contributed by atoms with Gasteiger partial charge in [-0.05, 0) is 35.7 Å². The molecule has 2 aliphatic rings. The van der Waals surface area contributed by atoms with E-state index in [0.29, 0.717) is 16.8 Å². The van der Waals surface area contributed by atoms with Gasteiger partial charge in [-0.15, -0.1) is 0 Å². The number of ether oxygens (including phenoxy) is 3. The fourth-order valence-corrected chi connectivity index (χ4v) is 3.75. The van der Waals surface area contributed by atoms with Gasteiger partial charge >= 0.3 is 0 Å². The van der Waals surface area contributed by atoms with E-state index < -0.39 is 18.1 Å². The van der Waals surface area contributed by atoms with E-state index in [1.165, 1.54) is 4.90 Å². The number of nitrogens with zero attached hydrogens (tertiary/aromatic N) is 4. The molecule has 0 radical (unpaired) electrons. The standard InChI is InChI=1S/C22H28N6O8/c23-27-24-10-16(29)12-35-7-5-34-6-8-36-13-20(31)25-15-1-2-17-14(9-15)11-28(22(17)33)18-3-4-19(30)26-21(18)32/h1-2,9,16,18,29H,3-8,10-13H2,(H,25,31)(H,26,30,32). The van der Waals surface area contributed by atoms with Crippen LogP contribution in [-0.2, 0) is 35.1 Å². The summed E-state index contributed by atoms with van der Waals surface area (Å²) in [6.45, 7) is 0.950. The molecule has 1 aromatic rings. The van der Waals surface area contributed by atoms with Crippen molar-refractivity contribution in [3.05, 3.63) is 39.8 Å². The zero-order valence-corrected chi connectivity index (χ0v) is 19.6. The molecule has 2 atom stereocenters. The maximum Gasteiger partial charge on any atom is 0.255 e. The van der Waals surface area contributed by atoms with Crippen LogP contribution in [0.5, 0.6) is 0 Å². The molecule has 0 saturated carbocycles. The maximum atomic E-state index is 12.7. The van der Waals surface area contributed by atoms with E-state index in [4.69, 9.17) is 19.7 Å². The second-order valence-electron chi connectivity index (χ2n) is 8.13. The first-order valence-corrected chi connectivity index (χ1v) is 11.4. The summed E-state index contributed by atoms with van der Waals surface area (Å²) in [5.41, 5.74) is 9.80. The minimum Gasteiger partial charge on any atom is -0.391 e. The number of hydrogen-bond donors (Lipinski definition) is 3. The molecule has 14 heteroatoms. The first-order chi connectivity index (χ1) is 17.4. The molecule has 0 spiro atoms. The van der Waals surface area contributed by atoms with Crippen molar-refractivity contribution in [2.75, 3.05) is 51.5 Å². The van der Waals surface area contributed by atoms with E-state index >= 15 is 0 Å². The SMILES string of the molecule is [N-]=[N+]=NCC(O)COCCOCCOCC(=O)Nc1ccc2c(c1)CN(C1CCC(=O)NC1=O)C2=O. The molecular weight excluding hydrogens is 476 g/mol. The molecule has 36 heavy (non-hydrogen) atoms. The van der Waals surface area contributed by atoms with Gasteiger partial charge in [-0.2, -0.15) is 0 Å². The Morgan fingerprint density at radius 2 is 1.97 bits per heavy atom. The van der Waals surface area contributed by atoms with E-state index in [2.05, 4.69) is 20.7 Å².